The van der Waals surface area contributed by atoms with Crippen molar-refractivity contribution >= 4 is 5.97 Å². The predicted octanol–water partition coefficient (Wildman–Crippen LogP) is 0.374. The second-order valence-corrected chi connectivity index (χ2v) is 4.49. The largest absolute Gasteiger partial charge is 0.479 e. The smallest absolute Gasteiger partial charge is 0.331 e. The molecule has 0 saturated heterocycles. The van der Waals surface area contributed by atoms with Crippen LogP contribution >= 0.6 is 0 Å². The molecule has 90 valence electrons. The van der Waals surface area contributed by atoms with E-state index < -0.39 is 17.1 Å². The zero-order valence-corrected chi connectivity index (χ0v) is 10.1. The molecule has 7 heteroatoms. The van der Waals surface area contributed by atoms with E-state index in [1.807, 2.05) is 0 Å². The lowest BCUT2D eigenvalue weighted by Crippen LogP contribution is -2.41. The lowest BCUT2D eigenvalue weighted by molar-refractivity contribution is -0.146. The normalized spacial score (nSPS) is 12.8. The summed E-state index contributed by atoms with van der Waals surface area (Å²) >= 11 is 0. The van der Waals surface area contributed by atoms with E-state index >= 15 is 0 Å². The molecular weight excluding hydrogens is 212 g/mol. The van der Waals surface area contributed by atoms with Crippen LogP contribution in [0.1, 0.15) is 33.5 Å². The summed E-state index contributed by atoms with van der Waals surface area (Å²) in [5, 5.41) is 20.2. The van der Waals surface area contributed by atoms with Crippen molar-refractivity contribution in [2.75, 3.05) is 7.11 Å². The standard InChI is InChI=1S/C9H16N4O3/c1-8(2,7(14)15)13-6(10-11-12-13)9(3,4)16-5/h1-5H3,(H,14,15). The maximum absolute atomic E-state index is 11.1. The molecule has 0 aromatic carbocycles. The van der Waals surface area contributed by atoms with Crippen molar-refractivity contribution in [3.63, 3.8) is 0 Å². The average molecular weight is 228 g/mol. The minimum Gasteiger partial charge on any atom is -0.479 e. The van der Waals surface area contributed by atoms with Gasteiger partial charge in [0.05, 0.1) is 0 Å². The minimum absolute atomic E-state index is 0.377. The Kier molecular flexibility index (Phi) is 3.00. The third-order valence-electron chi connectivity index (χ3n) is 2.57. The van der Waals surface area contributed by atoms with E-state index in [-0.39, 0.29) is 0 Å². The van der Waals surface area contributed by atoms with Crippen LogP contribution in [-0.2, 0) is 20.7 Å². The Morgan fingerprint density at radius 3 is 2.38 bits per heavy atom. The molecule has 0 unspecified atom stereocenters. The molecule has 7 nitrogen and oxygen atoms in total. The number of carbonyl (C=O) groups is 1. The Bertz CT molecular complexity index is 397. The monoisotopic (exact) mass is 228 g/mol. The van der Waals surface area contributed by atoms with Crippen LogP contribution in [0.4, 0.5) is 0 Å². The Hall–Kier alpha value is -1.50. The van der Waals surface area contributed by atoms with Crippen molar-refractivity contribution in [3.8, 4) is 0 Å². The number of rotatable bonds is 4. The number of ether oxygens (including phenoxy) is 1. The maximum atomic E-state index is 11.1. The van der Waals surface area contributed by atoms with Gasteiger partial charge >= 0.3 is 5.97 Å². The lowest BCUT2D eigenvalue weighted by atomic mass is 10.0. The summed E-state index contributed by atoms with van der Waals surface area (Å²) < 4.78 is 6.50. The minimum atomic E-state index is -1.21. The first-order valence-corrected chi connectivity index (χ1v) is 4.81. The molecule has 0 saturated carbocycles. The van der Waals surface area contributed by atoms with Crippen LogP contribution in [0, 0.1) is 0 Å². The molecule has 1 heterocycles. The molecule has 0 spiro atoms. The second-order valence-electron chi connectivity index (χ2n) is 4.49. The summed E-state index contributed by atoms with van der Waals surface area (Å²) in [5.41, 5.74) is -1.95. The van der Waals surface area contributed by atoms with Crippen LogP contribution in [0.2, 0.25) is 0 Å². The van der Waals surface area contributed by atoms with Crippen molar-refractivity contribution in [2.45, 2.75) is 38.8 Å². The molecule has 1 aromatic rings. The molecule has 0 aliphatic heterocycles. The van der Waals surface area contributed by atoms with E-state index in [1.54, 1.807) is 13.8 Å². The highest BCUT2D eigenvalue weighted by atomic mass is 16.5. The quantitative estimate of drug-likeness (QED) is 0.800. The first-order chi connectivity index (χ1) is 7.23. The molecule has 1 rings (SSSR count). The highest BCUT2D eigenvalue weighted by Crippen LogP contribution is 2.25. The van der Waals surface area contributed by atoms with Gasteiger partial charge in [-0.3, -0.25) is 0 Å². The van der Waals surface area contributed by atoms with Crippen molar-refractivity contribution in [3.05, 3.63) is 5.82 Å². The third kappa shape index (κ3) is 1.90. The van der Waals surface area contributed by atoms with Crippen molar-refractivity contribution in [1.82, 2.24) is 20.2 Å². The van der Waals surface area contributed by atoms with Gasteiger partial charge in [0, 0.05) is 7.11 Å². The Balaban J connectivity index is 3.28. The van der Waals surface area contributed by atoms with Crippen molar-refractivity contribution < 1.29 is 14.6 Å². The van der Waals surface area contributed by atoms with Gasteiger partial charge in [0.1, 0.15) is 5.60 Å². The van der Waals surface area contributed by atoms with E-state index in [4.69, 9.17) is 9.84 Å². The Labute approximate surface area is 93.4 Å². The first kappa shape index (κ1) is 12.6. The first-order valence-electron chi connectivity index (χ1n) is 4.81. The summed E-state index contributed by atoms with van der Waals surface area (Å²) in [6.45, 7) is 6.60. The Morgan fingerprint density at radius 1 is 1.38 bits per heavy atom. The number of hydrogen-bond donors (Lipinski definition) is 1. The van der Waals surface area contributed by atoms with E-state index in [1.165, 1.54) is 25.6 Å². The van der Waals surface area contributed by atoms with Crippen LogP contribution in [0.5, 0.6) is 0 Å². The van der Waals surface area contributed by atoms with E-state index in [0.717, 1.165) is 0 Å². The second kappa shape index (κ2) is 3.82. The number of aliphatic carboxylic acids is 1. The molecule has 1 aromatic heterocycles. The summed E-state index contributed by atoms with van der Waals surface area (Å²) in [4.78, 5) is 11.1. The number of carboxylic acids is 1. The molecule has 0 aliphatic rings. The van der Waals surface area contributed by atoms with Crippen LogP contribution < -0.4 is 0 Å². The Morgan fingerprint density at radius 2 is 1.94 bits per heavy atom. The summed E-state index contributed by atoms with van der Waals surface area (Å²) in [5.74, 6) is -0.629. The number of tetrazole rings is 1. The van der Waals surface area contributed by atoms with E-state index in [9.17, 15) is 4.79 Å². The maximum Gasteiger partial charge on any atom is 0.331 e. The molecular formula is C9H16N4O3. The van der Waals surface area contributed by atoms with Gasteiger partial charge in [0.15, 0.2) is 11.4 Å². The lowest BCUT2D eigenvalue weighted by Gasteiger charge is -2.27. The van der Waals surface area contributed by atoms with Crippen molar-refractivity contribution in [1.29, 1.82) is 0 Å². The van der Waals surface area contributed by atoms with Crippen LogP contribution in [-0.4, -0.2) is 38.4 Å². The molecule has 0 fully saturated rings. The topological polar surface area (TPSA) is 90.1 Å². The fourth-order valence-electron chi connectivity index (χ4n) is 1.12. The zero-order chi connectivity index (χ0) is 12.6. The van der Waals surface area contributed by atoms with Gasteiger partial charge in [-0.05, 0) is 38.1 Å². The number of methoxy groups -OCH3 is 1. The zero-order valence-electron chi connectivity index (χ0n) is 10.1. The number of aromatic nitrogens is 4. The molecule has 0 bridgehead atoms. The van der Waals surface area contributed by atoms with Gasteiger partial charge in [-0.25, -0.2) is 9.48 Å². The van der Waals surface area contributed by atoms with Gasteiger partial charge < -0.3 is 9.84 Å². The van der Waals surface area contributed by atoms with E-state index in [2.05, 4.69) is 15.5 Å². The van der Waals surface area contributed by atoms with Crippen LogP contribution in [0.3, 0.4) is 0 Å². The average Bonchev–Trinajstić information content (AvgIpc) is 2.66. The number of nitrogens with zero attached hydrogens (tertiary/aromatic N) is 4. The summed E-state index contributed by atoms with van der Waals surface area (Å²) in [7, 11) is 1.52. The highest BCUT2D eigenvalue weighted by Gasteiger charge is 2.38. The van der Waals surface area contributed by atoms with Gasteiger partial charge in [-0.1, -0.05) is 0 Å². The molecule has 1 N–H and O–H groups in total. The summed E-state index contributed by atoms with van der Waals surface area (Å²) in [6.07, 6.45) is 0. The number of carboxylic acid groups (broad SMARTS) is 1. The highest BCUT2D eigenvalue weighted by molar-refractivity contribution is 5.75. The van der Waals surface area contributed by atoms with Gasteiger partial charge in [-0.2, -0.15) is 0 Å². The predicted molar refractivity (Wildman–Crippen MR) is 54.8 cm³/mol. The van der Waals surface area contributed by atoms with Gasteiger partial charge in [-0.15, -0.1) is 5.10 Å². The molecule has 16 heavy (non-hydrogen) atoms. The third-order valence-corrected chi connectivity index (χ3v) is 2.57. The van der Waals surface area contributed by atoms with Crippen LogP contribution in [0.15, 0.2) is 0 Å². The van der Waals surface area contributed by atoms with Crippen molar-refractivity contribution in [2.24, 2.45) is 0 Å². The molecule has 0 atom stereocenters. The molecule has 0 aliphatic carbocycles. The van der Waals surface area contributed by atoms with Gasteiger partial charge in [0.25, 0.3) is 0 Å². The van der Waals surface area contributed by atoms with Gasteiger partial charge in [0.2, 0.25) is 0 Å². The van der Waals surface area contributed by atoms with Crippen LogP contribution in [0.25, 0.3) is 0 Å². The SMILES string of the molecule is COC(C)(C)c1nnnn1C(C)(C)C(=O)O. The van der Waals surface area contributed by atoms with E-state index in [0.29, 0.717) is 5.82 Å². The number of hydrogen-bond acceptors (Lipinski definition) is 5. The molecule has 0 radical (unpaired) electrons. The summed E-state index contributed by atoms with van der Waals surface area (Å²) in [6, 6.07) is 0. The molecule has 0 amide bonds. The fraction of sp³-hybridized carbons (Fsp3) is 0.778. The fourth-order valence-corrected chi connectivity index (χ4v) is 1.12.